The molecular weight excluding hydrogens is 372 g/mol. The van der Waals surface area contributed by atoms with E-state index in [9.17, 15) is 9.59 Å². The van der Waals surface area contributed by atoms with Crippen molar-refractivity contribution < 1.29 is 19.1 Å². The number of esters is 2. The maximum absolute atomic E-state index is 11.8. The zero-order valence-electron chi connectivity index (χ0n) is 14.1. The molecule has 0 fully saturated rings. The smallest absolute Gasteiger partial charge is 0.350 e. The van der Waals surface area contributed by atoms with Crippen LogP contribution in [0.4, 0.5) is 11.4 Å². The molecule has 0 bridgehead atoms. The predicted molar refractivity (Wildman–Crippen MR) is 105 cm³/mol. The number of methoxy groups -OCH3 is 2. The molecule has 2 aromatic heterocycles. The minimum atomic E-state index is -0.455. The number of anilines is 2. The summed E-state index contributed by atoms with van der Waals surface area (Å²) in [5.41, 5.74) is 14.4. The standard InChI is InChI=1S/C18H16N2O4S2/c1-23-17(21)15-11(19)7-13(25-15)9-4-3-5-10(6-9)14-8-12(20)16(26-14)18(22)24-2/h3-8H,19-20H2,1-2H3. The van der Waals surface area contributed by atoms with Crippen LogP contribution in [0.15, 0.2) is 36.4 Å². The van der Waals surface area contributed by atoms with Crippen molar-refractivity contribution in [3.63, 3.8) is 0 Å². The summed E-state index contributed by atoms with van der Waals surface area (Å²) in [4.78, 5) is 26.0. The summed E-state index contributed by atoms with van der Waals surface area (Å²) in [5.74, 6) is -0.910. The van der Waals surface area contributed by atoms with Crippen molar-refractivity contribution in [3.05, 3.63) is 46.2 Å². The van der Waals surface area contributed by atoms with Gasteiger partial charge < -0.3 is 20.9 Å². The molecule has 3 aromatic rings. The molecule has 8 heteroatoms. The van der Waals surface area contributed by atoms with Crippen molar-refractivity contribution in [2.75, 3.05) is 25.7 Å². The Balaban J connectivity index is 1.99. The SMILES string of the molecule is COC(=O)c1sc(-c2cccc(-c3cc(N)c(C(=O)OC)s3)c2)cc1N. The number of hydrogen-bond acceptors (Lipinski definition) is 8. The first-order valence-corrected chi connectivity index (χ1v) is 9.14. The van der Waals surface area contributed by atoms with E-state index in [4.69, 9.17) is 20.9 Å². The molecule has 3 rings (SSSR count). The Morgan fingerprint density at radius 1 is 0.808 bits per heavy atom. The monoisotopic (exact) mass is 388 g/mol. The van der Waals surface area contributed by atoms with Crippen LogP contribution in [-0.4, -0.2) is 26.2 Å². The molecule has 1 aromatic carbocycles. The van der Waals surface area contributed by atoms with E-state index in [0.29, 0.717) is 21.1 Å². The first kappa shape index (κ1) is 18.0. The lowest BCUT2D eigenvalue weighted by Gasteiger charge is -2.01. The summed E-state index contributed by atoms with van der Waals surface area (Å²) < 4.78 is 9.49. The van der Waals surface area contributed by atoms with Gasteiger partial charge in [0, 0.05) is 9.75 Å². The second-order valence-electron chi connectivity index (χ2n) is 5.35. The van der Waals surface area contributed by atoms with E-state index >= 15 is 0 Å². The van der Waals surface area contributed by atoms with Crippen LogP contribution in [0, 0.1) is 0 Å². The zero-order valence-corrected chi connectivity index (χ0v) is 15.7. The Morgan fingerprint density at radius 3 is 1.62 bits per heavy atom. The van der Waals surface area contributed by atoms with E-state index in [1.165, 1.54) is 36.9 Å². The number of carbonyl (C=O) groups excluding carboxylic acids is 2. The highest BCUT2D eigenvalue weighted by Gasteiger charge is 2.18. The lowest BCUT2D eigenvalue weighted by Crippen LogP contribution is -2.00. The molecule has 0 saturated carbocycles. The highest BCUT2D eigenvalue weighted by Crippen LogP contribution is 2.38. The summed E-state index contributed by atoms with van der Waals surface area (Å²) in [5, 5.41) is 0. The third-order valence-electron chi connectivity index (χ3n) is 3.69. The van der Waals surface area contributed by atoms with E-state index in [0.717, 1.165) is 20.9 Å². The highest BCUT2D eigenvalue weighted by molar-refractivity contribution is 7.18. The van der Waals surface area contributed by atoms with E-state index < -0.39 is 11.9 Å². The van der Waals surface area contributed by atoms with Gasteiger partial charge in [-0.1, -0.05) is 18.2 Å². The van der Waals surface area contributed by atoms with Gasteiger partial charge in [0.15, 0.2) is 0 Å². The molecular formula is C18H16N2O4S2. The molecule has 0 aliphatic rings. The Labute approximate surface area is 158 Å². The minimum Gasteiger partial charge on any atom is -0.465 e. The van der Waals surface area contributed by atoms with Crippen molar-refractivity contribution >= 4 is 46.0 Å². The van der Waals surface area contributed by atoms with Crippen LogP contribution in [0.2, 0.25) is 0 Å². The number of ether oxygens (including phenoxy) is 2. The van der Waals surface area contributed by atoms with Gasteiger partial charge in [0.1, 0.15) is 9.75 Å². The van der Waals surface area contributed by atoms with Gasteiger partial charge in [-0.3, -0.25) is 0 Å². The normalized spacial score (nSPS) is 10.5. The van der Waals surface area contributed by atoms with Gasteiger partial charge in [-0.25, -0.2) is 9.59 Å². The van der Waals surface area contributed by atoms with Gasteiger partial charge in [-0.15, -0.1) is 22.7 Å². The number of rotatable bonds is 4. The maximum atomic E-state index is 11.8. The number of nitrogens with two attached hydrogens (primary N) is 2. The second kappa shape index (κ2) is 7.19. The van der Waals surface area contributed by atoms with Crippen LogP contribution in [0.3, 0.4) is 0 Å². The molecule has 0 saturated heterocycles. The van der Waals surface area contributed by atoms with E-state index in [1.54, 1.807) is 12.1 Å². The largest absolute Gasteiger partial charge is 0.465 e. The molecule has 6 nitrogen and oxygen atoms in total. The third-order valence-corrected chi connectivity index (χ3v) is 6.05. The molecule has 2 heterocycles. The van der Waals surface area contributed by atoms with Crippen molar-refractivity contribution in [2.24, 2.45) is 0 Å². The van der Waals surface area contributed by atoms with Crippen molar-refractivity contribution in [1.82, 2.24) is 0 Å². The summed E-state index contributed by atoms with van der Waals surface area (Å²) >= 11 is 2.54. The highest BCUT2D eigenvalue weighted by atomic mass is 32.1. The molecule has 0 spiro atoms. The van der Waals surface area contributed by atoms with Crippen LogP contribution in [0.5, 0.6) is 0 Å². The Bertz CT molecular complexity index is 915. The number of carbonyl (C=O) groups is 2. The molecule has 0 aliphatic carbocycles. The van der Waals surface area contributed by atoms with Crippen LogP contribution in [0.1, 0.15) is 19.3 Å². The molecule has 134 valence electrons. The lowest BCUT2D eigenvalue weighted by molar-refractivity contribution is 0.0598. The molecule has 4 N–H and O–H groups in total. The molecule has 0 aliphatic heterocycles. The average Bonchev–Trinajstić information content (AvgIpc) is 3.23. The average molecular weight is 388 g/mol. The first-order chi connectivity index (χ1) is 12.4. The Morgan fingerprint density at radius 2 is 1.23 bits per heavy atom. The van der Waals surface area contributed by atoms with Gasteiger partial charge in [0.25, 0.3) is 0 Å². The number of benzene rings is 1. The summed E-state index contributed by atoms with van der Waals surface area (Å²) in [6.07, 6.45) is 0. The summed E-state index contributed by atoms with van der Waals surface area (Å²) in [6, 6.07) is 11.2. The van der Waals surface area contributed by atoms with Crippen LogP contribution in [-0.2, 0) is 9.47 Å². The third kappa shape index (κ3) is 3.29. The first-order valence-electron chi connectivity index (χ1n) is 7.50. The van der Waals surface area contributed by atoms with Gasteiger partial charge in [-0.2, -0.15) is 0 Å². The number of nitrogen functional groups attached to an aromatic ring is 2. The quantitative estimate of drug-likeness (QED) is 0.657. The fraction of sp³-hybridized carbons (Fsp3) is 0.111. The van der Waals surface area contributed by atoms with Crippen LogP contribution < -0.4 is 11.5 Å². The molecule has 0 atom stereocenters. The Hall–Kier alpha value is -2.84. The van der Waals surface area contributed by atoms with Crippen LogP contribution >= 0.6 is 22.7 Å². The summed E-state index contributed by atoms with van der Waals surface area (Å²) in [7, 11) is 2.64. The van der Waals surface area contributed by atoms with Gasteiger partial charge in [0.2, 0.25) is 0 Å². The van der Waals surface area contributed by atoms with E-state index in [1.807, 2.05) is 24.3 Å². The number of thiophene rings is 2. The fourth-order valence-electron chi connectivity index (χ4n) is 2.42. The molecule has 0 amide bonds. The van der Waals surface area contributed by atoms with E-state index in [2.05, 4.69) is 0 Å². The summed E-state index contributed by atoms with van der Waals surface area (Å²) in [6.45, 7) is 0. The van der Waals surface area contributed by atoms with Gasteiger partial charge in [-0.05, 0) is 29.3 Å². The van der Waals surface area contributed by atoms with E-state index in [-0.39, 0.29) is 0 Å². The molecule has 0 radical (unpaired) electrons. The minimum absolute atomic E-state index is 0.376. The molecule has 0 unspecified atom stereocenters. The molecule has 26 heavy (non-hydrogen) atoms. The fourth-order valence-corrected chi connectivity index (χ4v) is 4.41. The number of hydrogen-bond donors (Lipinski definition) is 2. The van der Waals surface area contributed by atoms with Gasteiger partial charge >= 0.3 is 11.9 Å². The van der Waals surface area contributed by atoms with Crippen LogP contribution in [0.25, 0.3) is 20.9 Å². The lowest BCUT2D eigenvalue weighted by atomic mass is 10.1. The maximum Gasteiger partial charge on any atom is 0.350 e. The van der Waals surface area contributed by atoms with Crippen molar-refractivity contribution in [3.8, 4) is 20.9 Å². The topological polar surface area (TPSA) is 105 Å². The second-order valence-corrected chi connectivity index (χ2v) is 7.46. The zero-order chi connectivity index (χ0) is 18.8. The Kier molecular flexibility index (Phi) is 4.97. The van der Waals surface area contributed by atoms with Crippen molar-refractivity contribution in [1.29, 1.82) is 0 Å². The van der Waals surface area contributed by atoms with Crippen molar-refractivity contribution in [2.45, 2.75) is 0 Å². The predicted octanol–water partition coefficient (Wildman–Crippen LogP) is 3.88. The van der Waals surface area contributed by atoms with Gasteiger partial charge in [0.05, 0.1) is 25.6 Å².